The van der Waals surface area contributed by atoms with E-state index in [0.717, 1.165) is 22.8 Å². The summed E-state index contributed by atoms with van der Waals surface area (Å²) in [5, 5.41) is 10.2. The van der Waals surface area contributed by atoms with E-state index in [4.69, 9.17) is 0 Å². The number of rotatable bonds is 3. The number of halogens is 1. The highest BCUT2D eigenvalue weighted by molar-refractivity contribution is 7.13. The topological polar surface area (TPSA) is 63.1 Å². The number of nitrogens with zero attached hydrogens (tertiary/aromatic N) is 4. The largest absolute Gasteiger partial charge is 0.334 e. The van der Waals surface area contributed by atoms with Crippen LogP contribution in [0.4, 0.5) is 4.39 Å². The van der Waals surface area contributed by atoms with Crippen molar-refractivity contribution < 1.29 is 9.18 Å². The van der Waals surface area contributed by atoms with Crippen molar-refractivity contribution in [3.63, 3.8) is 0 Å². The number of carbonyl (C=O) groups excluding carboxylic acids is 1. The third-order valence-electron chi connectivity index (χ3n) is 4.30. The van der Waals surface area contributed by atoms with Gasteiger partial charge in [0.1, 0.15) is 16.5 Å². The molecule has 26 heavy (non-hydrogen) atoms. The van der Waals surface area contributed by atoms with Gasteiger partial charge in [0.25, 0.3) is 5.91 Å². The average molecular weight is 371 g/mol. The standard InChI is InChI=1S/C18H18FN5OS/c1-12-9-23(7-6-20-12)18(25)16-11-26-17(22-16)13-8-21-24(10-13)15-4-2-14(19)3-5-15/h2-5,8,10-12,20H,6-7,9H2,1H3/t12-/m0/s1. The Balaban J connectivity index is 1.53. The predicted molar refractivity (Wildman–Crippen MR) is 98.0 cm³/mol. The zero-order valence-electron chi connectivity index (χ0n) is 14.2. The molecule has 1 atom stereocenters. The molecule has 1 amide bonds. The lowest BCUT2D eigenvalue weighted by Crippen LogP contribution is -2.51. The number of benzene rings is 1. The summed E-state index contributed by atoms with van der Waals surface area (Å²) in [4.78, 5) is 19.0. The van der Waals surface area contributed by atoms with Gasteiger partial charge in [0, 0.05) is 42.8 Å². The molecule has 1 aliphatic rings. The van der Waals surface area contributed by atoms with E-state index >= 15 is 0 Å². The number of thiazole rings is 1. The minimum atomic E-state index is -0.286. The van der Waals surface area contributed by atoms with Crippen LogP contribution in [-0.4, -0.2) is 51.2 Å². The molecule has 0 aliphatic carbocycles. The first-order valence-electron chi connectivity index (χ1n) is 8.39. The van der Waals surface area contributed by atoms with Gasteiger partial charge < -0.3 is 10.2 Å². The van der Waals surface area contributed by atoms with Gasteiger partial charge in [-0.25, -0.2) is 14.1 Å². The lowest BCUT2D eigenvalue weighted by molar-refractivity contribution is 0.0704. The summed E-state index contributed by atoms with van der Waals surface area (Å²) in [5.41, 5.74) is 2.06. The van der Waals surface area contributed by atoms with Gasteiger partial charge in [0.15, 0.2) is 0 Å². The van der Waals surface area contributed by atoms with Crippen molar-refractivity contribution in [3.8, 4) is 16.3 Å². The number of piperazine rings is 1. The quantitative estimate of drug-likeness (QED) is 0.769. The molecule has 4 rings (SSSR count). The summed E-state index contributed by atoms with van der Waals surface area (Å²) in [7, 11) is 0. The van der Waals surface area contributed by atoms with Gasteiger partial charge in [-0.3, -0.25) is 4.79 Å². The maximum Gasteiger partial charge on any atom is 0.273 e. The van der Waals surface area contributed by atoms with E-state index in [-0.39, 0.29) is 11.7 Å². The monoisotopic (exact) mass is 371 g/mol. The van der Waals surface area contributed by atoms with Crippen molar-refractivity contribution in [2.75, 3.05) is 19.6 Å². The van der Waals surface area contributed by atoms with Crippen LogP contribution in [0.1, 0.15) is 17.4 Å². The second-order valence-corrected chi connectivity index (χ2v) is 7.15. The van der Waals surface area contributed by atoms with Crippen LogP contribution in [0.15, 0.2) is 42.0 Å². The molecule has 0 bridgehead atoms. The van der Waals surface area contributed by atoms with E-state index in [2.05, 4.69) is 22.3 Å². The van der Waals surface area contributed by atoms with Crippen LogP contribution in [0.25, 0.3) is 16.3 Å². The van der Waals surface area contributed by atoms with Gasteiger partial charge in [-0.05, 0) is 31.2 Å². The normalized spacial score (nSPS) is 17.5. The summed E-state index contributed by atoms with van der Waals surface area (Å²) in [6.07, 6.45) is 3.52. The Labute approximate surface area is 154 Å². The molecule has 3 heterocycles. The van der Waals surface area contributed by atoms with E-state index in [1.54, 1.807) is 28.4 Å². The summed E-state index contributed by atoms with van der Waals surface area (Å²) in [6.45, 7) is 4.25. The number of amides is 1. The predicted octanol–water partition coefficient (Wildman–Crippen LogP) is 2.57. The zero-order chi connectivity index (χ0) is 18.1. The van der Waals surface area contributed by atoms with Crippen LogP contribution in [-0.2, 0) is 0 Å². The molecule has 0 saturated carbocycles. The second kappa shape index (κ2) is 6.97. The third-order valence-corrected chi connectivity index (χ3v) is 5.19. The highest BCUT2D eigenvalue weighted by Crippen LogP contribution is 2.25. The molecule has 2 aromatic heterocycles. The van der Waals surface area contributed by atoms with Crippen LogP contribution >= 0.6 is 11.3 Å². The van der Waals surface area contributed by atoms with Crippen LogP contribution in [0.2, 0.25) is 0 Å². The SMILES string of the molecule is C[C@H]1CN(C(=O)c2csc(-c3cnn(-c4ccc(F)cc4)c3)n2)CCN1. The van der Waals surface area contributed by atoms with E-state index in [0.29, 0.717) is 24.8 Å². The molecule has 0 spiro atoms. The summed E-state index contributed by atoms with van der Waals surface area (Å²) >= 11 is 1.42. The fourth-order valence-electron chi connectivity index (χ4n) is 2.95. The number of aromatic nitrogens is 3. The molecular weight excluding hydrogens is 353 g/mol. The van der Waals surface area contributed by atoms with Crippen LogP contribution in [0, 0.1) is 5.82 Å². The lowest BCUT2D eigenvalue weighted by atomic mass is 10.2. The van der Waals surface area contributed by atoms with Crippen molar-refractivity contribution in [1.82, 2.24) is 25.0 Å². The Morgan fingerprint density at radius 2 is 2.15 bits per heavy atom. The fourth-order valence-corrected chi connectivity index (χ4v) is 3.72. The minimum absolute atomic E-state index is 0.0354. The summed E-state index contributed by atoms with van der Waals surface area (Å²) in [5.74, 6) is -0.321. The Kier molecular flexibility index (Phi) is 4.52. The van der Waals surface area contributed by atoms with Gasteiger partial charge >= 0.3 is 0 Å². The number of carbonyl (C=O) groups is 1. The molecule has 0 unspecified atom stereocenters. The van der Waals surface area contributed by atoms with E-state index in [1.807, 2.05) is 11.1 Å². The molecule has 1 fully saturated rings. The van der Waals surface area contributed by atoms with Crippen molar-refractivity contribution in [3.05, 3.63) is 53.6 Å². The van der Waals surface area contributed by atoms with Gasteiger partial charge in [-0.2, -0.15) is 5.10 Å². The molecule has 134 valence electrons. The van der Waals surface area contributed by atoms with Crippen molar-refractivity contribution in [2.24, 2.45) is 0 Å². The van der Waals surface area contributed by atoms with E-state index in [9.17, 15) is 9.18 Å². The van der Waals surface area contributed by atoms with Gasteiger partial charge in [-0.1, -0.05) is 0 Å². The maximum atomic E-state index is 13.1. The van der Waals surface area contributed by atoms with Crippen LogP contribution in [0.3, 0.4) is 0 Å². The molecule has 8 heteroatoms. The second-order valence-electron chi connectivity index (χ2n) is 6.29. The lowest BCUT2D eigenvalue weighted by Gasteiger charge is -2.31. The third kappa shape index (κ3) is 3.38. The Hall–Kier alpha value is -2.58. The van der Waals surface area contributed by atoms with Gasteiger partial charge in [0.05, 0.1) is 11.9 Å². The smallest absolute Gasteiger partial charge is 0.273 e. The first-order chi connectivity index (χ1) is 12.6. The summed E-state index contributed by atoms with van der Waals surface area (Å²) < 4.78 is 14.7. The Morgan fingerprint density at radius 3 is 2.92 bits per heavy atom. The number of hydrogen-bond acceptors (Lipinski definition) is 5. The maximum absolute atomic E-state index is 13.1. The number of hydrogen-bond donors (Lipinski definition) is 1. The summed E-state index contributed by atoms with van der Waals surface area (Å²) in [6, 6.07) is 6.40. The highest BCUT2D eigenvalue weighted by atomic mass is 32.1. The molecule has 6 nitrogen and oxygen atoms in total. The molecule has 1 N–H and O–H groups in total. The molecule has 1 aliphatic heterocycles. The average Bonchev–Trinajstić information content (AvgIpc) is 3.31. The van der Waals surface area contributed by atoms with Crippen LogP contribution in [0.5, 0.6) is 0 Å². The van der Waals surface area contributed by atoms with Crippen molar-refractivity contribution in [1.29, 1.82) is 0 Å². The van der Waals surface area contributed by atoms with Crippen molar-refractivity contribution in [2.45, 2.75) is 13.0 Å². The Morgan fingerprint density at radius 1 is 1.35 bits per heavy atom. The number of nitrogens with one attached hydrogen (secondary N) is 1. The molecular formula is C18H18FN5OS. The highest BCUT2D eigenvalue weighted by Gasteiger charge is 2.23. The molecule has 0 radical (unpaired) electrons. The molecule has 1 aromatic carbocycles. The van der Waals surface area contributed by atoms with Crippen LogP contribution < -0.4 is 5.32 Å². The van der Waals surface area contributed by atoms with Gasteiger partial charge in [0.2, 0.25) is 0 Å². The Bertz CT molecular complexity index is 920. The van der Waals surface area contributed by atoms with Gasteiger partial charge in [-0.15, -0.1) is 11.3 Å². The zero-order valence-corrected chi connectivity index (χ0v) is 15.0. The first kappa shape index (κ1) is 16.9. The molecule has 3 aromatic rings. The minimum Gasteiger partial charge on any atom is -0.334 e. The van der Waals surface area contributed by atoms with E-state index in [1.165, 1.54) is 23.5 Å². The molecule has 1 saturated heterocycles. The first-order valence-corrected chi connectivity index (χ1v) is 9.27. The fraction of sp³-hybridized carbons (Fsp3) is 0.278. The van der Waals surface area contributed by atoms with Crippen molar-refractivity contribution >= 4 is 17.2 Å². The van der Waals surface area contributed by atoms with E-state index < -0.39 is 0 Å².